The molecule has 1 aliphatic heterocycles. The lowest BCUT2D eigenvalue weighted by molar-refractivity contribution is -0.134. The second-order valence-corrected chi connectivity index (χ2v) is 5.83. The number of carbonyl (C=O) groups excluding carboxylic acids is 1. The molecule has 5 heteroatoms. The van der Waals surface area contributed by atoms with Crippen molar-refractivity contribution in [2.24, 2.45) is 0 Å². The smallest absolute Gasteiger partial charge is 0.331 e. The molecule has 0 aromatic carbocycles. The summed E-state index contributed by atoms with van der Waals surface area (Å²) < 4.78 is 0. The number of carboxylic acid groups (broad SMARTS) is 1. The summed E-state index contributed by atoms with van der Waals surface area (Å²) in [6.07, 6.45) is 1.89. The summed E-state index contributed by atoms with van der Waals surface area (Å²) in [4.78, 5) is 27.3. The van der Waals surface area contributed by atoms with Gasteiger partial charge in [-0.1, -0.05) is 0 Å². The average Bonchev–Trinajstić information content (AvgIpc) is 2.44. The zero-order valence-electron chi connectivity index (χ0n) is 13.1. The van der Waals surface area contributed by atoms with E-state index in [-0.39, 0.29) is 17.5 Å². The molecule has 0 aliphatic carbocycles. The summed E-state index contributed by atoms with van der Waals surface area (Å²) in [5.74, 6) is -1.20. The van der Waals surface area contributed by atoms with Gasteiger partial charge in [-0.3, -0.25) is 4.79 Å². The van der Waals surface area contributed by atoms with Crippen LogP contribution in [-0.4, -0.2) is 59.0 Å². The first-order valence-electron chi connectivity index (χ1n) is 7.17. The van der Waals surface area contributed by atoms with E-state index in [1.807, 2.05) is 0 Å². The van der Waals surface area contributed by atoms with E-state index >= 15 is 0 Å². The van der Waals surface area contributed by atoms with E-state index in [0.717, 1.165) is 25.9 Å². The highest BCUT2D eigenvalue weighted by molar-refractivity contribution is 6.01. The molecule has 0 atom stereocenters. The van der Waals surface area contributed by atoms with Gasteiger partial charge in [-0.05, 0) is 40.5 Å². The van der Waals surface area contributed by atoms with Crippen molar-refractivity contribution in [1.29, 1.82) is 0 Å². The molecule has 1 saturated heterocycles. The first-order valence-corrected chi connectivity index (χ1v) is 7.17. The first-order chi connectivity index (χ1) is 9.25. The minimum Gasteiger partial charge on any atom is -0.478 e. The van der Waals surface area contributed by atoms with Gasteiger partial charge in [0.25, 0.3) is 0 Å². The SMILES string of the molecule is CC(C(=O)O)=C(C)C(=O)N(C)C1CCN(C(C)C)CC1. The average molecular weight is 282 g/mol. The molecular weight excluding hydrogens is 256 g/mol. The molecule has 1 N–H and O–H groups in total. The van der Waals surface area contributed by atoms with Gasteiger partial charge in [0.1, 0.15) is 0 Å². The number of hydrogen-bond acceptors (Lipinski definition) is 3. The first kappa shape index (κ1) is 16.7. The van der Waals surface area contributed by atoms with Crippen molar-refractivity contribution < 1.29 is 14.7 Å². The minimum atomic E-state index is -1.03. The van der Waals surface area contributed by atoms with Gasteiger partial charge in [-0.15, -0.1) is 0 Å². The molecule has 1 aliphatic rings. The van der Waals surface area contributed by atoms with Gasteiger partial charge in [0, 0.05) is 43.4 Å². The van der Waals surface area contributed by atoms with Gasteiger partial charge in [0.15, 0.2) is 0 Å². The maximum Gasteiger partial charge on any atom is 0.331 e. The molecule has 0 aromatic rings. The summed E-state index contributed by atoms with van der Waals surface area (Å²) in [5.41, 5.74) is 0.452. The van der Waals surface area contributed by atoms with Crippen LogP contribution < -0.4 is 0 Å². The van der Waals surface area contributed by atoms with Crippen LogP contribution in [0.3, 0.4) is 0 Å². The van der Waals surface area contributed by atoms with Gasteiger partial charge < -0.3 is 14.9 Å². The zero-order valence-corrected chi connectivity index (χ0v) is 13.1. The summed E-state index contributed by atoms with van der Waals surface area (Å²) in [5, 5.41) is 8.95. The number of likely N-dealkylation sites (tertiary alicyclic amines) is 1. The van der Waals surface area contributed by atoms with Crippen molar-refractivity contribution in [3.8, 4) is 0 Å². The highest BCUT2D eigenvalue weighted by Gasteiger charge is 2.27. The van der Waals surface area contributed by atoms with Gasteiger partial charge in [0.05, 0.1) is 0 Å². The van der Waals surface area contributed by atoms with E-state index < -0.39 is 5.97 Å². The van der Waals surface area contributed by atoms with E-state index in [1.165, 1.54) is 6.92 Å². The molecule has 0 saturated carbocycles. The van der Waals surface area contributed by atoms with Crippen LogP contribution in [0.25, 0.3) is 0 Å². The molecule has 0 aromatic heterocycles. The molecule has 0 radical (unpaired) electrons. The number of piperidine rings is 1. The second-order valence-electron chi connectivity index (χ2n) is 5.83. The lowest BCUT2D eigenvalue weighted by atomic mass is 10.0. The highest BCUT2D eigenvalue weighted by Crippen LogP contribution is 2.19. The Morgan fingerprint density at radius 3 is 2.05 bits per heavy atom. The minimum absolute atomic E-state index is 0.126. The largest absolute Gasteiger partial charge is 0.478 e. The third-order valence-corrected chi connectivity index (χ3v) is 4.30. The van der Waals surface area contributed by atoms with Gasteiger partial charge in [-0.2, -0.15) is 0 Å². The van der Waals surface area contributed by atoms with Crippen molar-refractivity contribution in [3.63, 3.8) is 0 Å². The van der Waals surface area contributed by atoms with Gasteiger partial charge in [-0.25, -0.2) is 4.79 Å². The summed E-state index contributed by atoms with van der Waals surface area (Å²) in [6.45, 7) is 9.40. The Morgan fingerprint density at radius 2 is 1.65 bits per heavy atom. The normalized spacial score (nSPS) is 18.9. The number of carboxylic acids is 1. The van der Waals surface area contributed by atoms with Crippen LogP contribution in [0.1, 0.15) is 40.5 Å². The third-order valence-electron chi connectivity index (χ3n) is 4.30. The summed E-state index contributed by atoms with van der Waals surface area (Å²) >= 11 is 0. The standard InChI is InChI=1S/C15H26N2O3/c1-10(2)17-8-6-13(7-9-17)16(5)14(18)11(3)12(4)15(19)20/h10,13H,6-9H2,1-5H3,(H,19,20). The zero-order chi connectivity index (χ0) is 15.4. The Balaban J connectivity index is 2.68. The molecular formula is C15H26N2O3. The molecule has 0 unspecified atom stereocenters. The van der Waals surface area contributed by atoms with Crippen molar-refractivity contribution >= 4 is 11.9 Å². The molecule has 1 rings (SSSR count). The summed E-state index contributed by atoms with van der Waals surface area (Å²) in [6, 6.07) is 0.738. The second kappa shape index (κ2) is 6.88. The molecule has 1 amide bonds. The monoisotopic (exact) mass is 282 g/mol. The Morgan fingerprint density at radius 1 is 1.15 bits per heavy atom. The van der Waals surface area contributed by atoms with E-state index in [2.05, 4.69) is 18.7 Å². The van der Waals surface area contributed by atoms with E-state index in [9.17, 15) is 9.59 Å². The summed E-state index contributed by atoms with van der Waals surface area (Å²) in [7, 11) is 1.77. The number of carbonyl (C=O) groups is 2. The fourth-order valence-electron chi connectivity index (χ4n) is 2.54. The Hall–Kier alpha value is -1.36. The maximum atomic E-state index is 12.3. The van der Waals surface area contributed by atoms with Crippen LogP contribution in [0.5, 0.6) is 0 Å². The van der Waals surface area contributed by atoms with Crippen LogP contribution >= 0.6 is 0 Å². The van der Waals surface area contributed by atoms with E-state index in [0.29, 0.717) is 11.6 Å². The molecule has 114 valence electrons. The fraction of sp³-hybridized carbons (Fsp3) is 0.733. The van der Waals surface area contributed by atoms with Crippen LogP contribution in [0.2, 0.25) is 0 Å². The van der Waals surface area contributed by atoms with Gasteiger partial charge in [0.2, 0.25) is 5.91 Å². The third kappa shape index (κ3) is 3.82. The molecule has 1 fully saturated rings. The molecule has 5 nitrogen and oxygen atoms in total. The molecule has 20 heavy (non-hydrogen) atoms. The Bertz CT molecular complexity index is 407. The number of rotatable bonds is 4. The Kier molecular flexibility index (Phi) is 5.74. The maximum absolute atomic E-state index is 12.3. The van der Waals surface area contributed by atoms with Crippen LogP contribution in [0.4, 0.5) is 0 Å². The number of amides is 1. The van der Waals surface area contributed by atoms with Crippen molar-refractivity contribution in [1.82, 2.24) is 9.80 Å². The number of aliphatic carboxylic acids is 1. The molecule has 1 heterocycles. The van der Waals surface area contributed by atoms with Crippen molar-refractivity contribution in [2.45, 2.75) is 52.6 Å². The predicted octanol–water partition coefficient (Wildman–Crippen LogP) is 1.74. The number of likely N-dealkylation sites (N-methyl/N-ethyl adjacent to an activating group) is 1. The van der Waals surface area contributed by atoms with E-state index in [4.69, 9.17) is 5.11 Å². The number of hydrogen-bond donors (Lipinski definition) is 1. The highest BCUT2D eigenvalue weighted by atomic mass is 16.4. The molecule has 0 spiro atoms. The topological polar surface area (TPSA) is 60.9 Å². The van der Waals surface area contributed by atoms with Crippen LogP contribution in [0, 0.1) is 0 Å². The van der Waals surface area contributed by atoms with Crippen LogP contribution in [-0.2, 0) is 9.59 Å². The van der Waals surface area contributed by atoms with E-state index in [1.54, 1.807) is 18.9 Å². The van der Waals surface area contributed by atoms with Gasteiger partial charge >= 0.3 is 5.97 Å². The fourth-order valence-corrected chi connectivity index (χ4v) is 2.54. The van der Waals surface area contributed by atoms with Crippen molar-refractivity contribution in [2.75, 3.05) is 20.1 Å². The van der Waals surface area contributed by atoms with Crippen molar-refractivity contribution in [3.05, 3.63) is 11.1 Å². The molecule has 0 bridgehead atoms. The quantitative estimate of drug-likeness (QED) is 0.798. The predicted molar refractivity (Wildman–Crippen MR) is 78.5 cm³/mol. The number of nitrogens with zero attached hydrogens (tertiary/aromatic N) is 2. The Labute approximate surface area is 121 Å². The lowest BCUT2D eigenvalue weighted by Gasteiger charge is -2.38. The van der Waals surface area contributed by atoms with Crippen LogP contribution in [0.15, 0.2) is 11.1 Å². The lowest BCUT2D eigenvalue weighted by Crippen LogP contribution is -2.47.